The summed E-state index contributed by atoms with van der Waals surface area (Å²) in [5, 5.41) is 10.6. The topological polar surface area (TPSA) is 237 Å². The molecule has 0 bridgehead atoms. The summed E-state index contributed by atoms with van der Waals surface area (Å²) in [6.07, 6.45) is 61.1. The summed E-state index contributed by atoms with van der Waals surface area (Å²) in [6.45, 7) is 9.65. The van der Waals surface area contributed by atoms with E-state index in [4.69, 9.17) is 37.0 Å². The van der Waals surface area contributed by atoms with Crippen LogP contribution in [0.1, 0.15) is 420 Å². The van der Waals surface area contributed by atoms with Crippen molar-refractivity contribution >= 4 is 39.5 Å². The van der Waals surface area contributed by atoms with E-state index in [-0.39, 0.29) is 25.7 Å². The first kappa shape index (κ1) is 97.1. The lowest BCUT2D eigenvalue weighted by Crippen LogP contribution is -2.30. The normalized spacial score (nSPS) is 14.2. The first-order valence-corrected chi connectivity index (χ1v) is 44.5. The van der Waals surface area contributed by atoms with Crippen LogP contribution in [-0.2, 0) is 65.4 Å². The lowest BCUT2D eigenvalue weighted by Gasteiger charge is -2.21. The van der Waals surface area contributed by atoms with Gasteiger partial charge in [0.1, 0.15) is 19.3 Å². The third-order valence-electron chi connectivity index (χ3n) is 19.1. The van der Waals surface area contributed by atoms with E-state index in [0.717, 1.165) is 108 Å². The van der Waals surface area contributed by atoms with Crippen molar-refractivity contribution in [2.45, 2.75) is 439 Å². The highest BCUT2D eigenvalue weighted by Crippen LogP contribution is 2.45. The fourth-order valence-corrected chi connectivity index (χ4v) is 13.9. The molecule has 3 N–H and O–H groups in total. The van der Waals surface area contributed by atoms with Crippen LogP contribution in [0, 0.1) is 11.8 Å². The number of esters is 4. The van der Waals surface area contributed by atoms with Gasteiger partial charge in [-0.2, -0.15) is 0 Å². The highest BCUT2D eigenvalue weighted by molar-refractivity contribution is 7.47. The van der Waals surface area contributed by atoms with Crippen molar-refractivity contribution in [1.82, 2.24) is 0 Å². The molecule has 0 aliphatic rings. The molecule has 0 rings (SSSR count). The Morgan fingerprint density at radius 2 is 0.515 bits per heavy atom. The van der Waals surface area contributed by atoms with E-state index in [9.17, 15) is 43.2 Å². The van der Waals surface area contributed by atoms with Crippen molar-refractivity contribution in [3.8, 4) is 0 Å². The minimum Gasteiger partial charge on any atom is -0.462 e. The molecule has 588 valence electrons. The molecule has 0 spiro atoms. The molecule has 0 aromatic heterocycles. The number of phosphoric ester groups is 2. The average molecular weight is 1450 g/mol. The minimum absolute atomic E-state index is 0.106. The number of rotatable bonds is 79. The van der Waals surface area contributed by atoms with Gasteiger partial charge in [-0.25, -0.2) is 9.13 Å². The molecule has 99 heavy (non-hydrogen) atoms. The molecule has 0 amide bonds. The van der Waals surface area contributed by atoms with Crippen molar-refractivity contribution in [1.29, 1.82) is 0 Å². The highest BCUT2D eigenvalue weighted by Gasteiger charge is 2.30. The van der Waals surface area contributed by atoms with E-state index in [1.807, 2.05) is 0 Å². The van der Waals surface area contributed by atoms with Gasteiger partial charge in [-0.3, -0.25) is 37.3 Å². The molecule has 0 aromatic rings. The summed E-state index contributed by atoms with van der Waals surface area (Å²) in [6, 6.07) is 0. The number of hydrogen-bond acceptors (Lipinski definition) is 15. The summed E-state index contributed by atoms with van der Waals surface area (Å²) in [5.74, 6) is -0.503. The van der Waals surface area contributed by atoms with Crippen LogP contribution in [0.4, 0.5) is 0 Å². The zero-order valence-electron chi connectivity index (χ0n) is 64.8. The summed E-state index contributed by atoms with van der Waals surface area (Å²) in [4.78, 5) is 72.9. The number of aliphatic hydroxyl groups is 1. The number of hydrogen-bond donors (Lipinski definition) is 3. The standard InChI is InChI=1S/C80H156O17P2/c1-7-10-12-14-16-18-19-20-21-22-23-24-27-31-34-40-46-52-58-64-79(84)97-76(69-91-78(83)63-57-51-45-39-33-30-28-25-26-29-32-37-42-48-54-60-72(4)5)71-95-99(88,89)93-67-74(81)66-92-98(86,87)94-70-75(68-90-77(82)62-56-50-44-17-15-13-11-8-2)96-80(85)65-59-53-47-41-36-35-38-43-49-55-61-73(6)9-3/h72-76,81H,7-71H2,1-6H3,(H,86,87)(H,88,89)/t73?,74-,75+,76+/m0/s1. The van der Waals surface area contributed by atoms with Crippen molar-refractivity contribution < 1.29 is 80.2 Å². The van der Waals surface area contributed by atoms with Crippen LogP contribution in [0.2, 0.25) is 0 Å². The second kappa shape index (κ2) is 71.7. The first-order valence-electron chi connectivity index (χ1n) is 41.5. The maximum absolute atomic E-state index is 13.1. The molecule has 19 heteroatoms. The monoisotopic (exact) mass is 1450 g/mol. The Bertz CT molecular complexity index is 1910. The molecule has 3 unspecified atom stereocenters. The van der Waals surface area contributed by atoms with Crippen LogP contribution >= 0.6 is 15.6 Å². The molecule has 0 aliphatic carbocycles. The van der Waals surface area contributed by atoms with Crippen LogP contribution in [0.25, 0.3) is 0 Å². The third-order valence-corrected chi connectivity index (χ3v) is 21.0. The maximum atomic E-state index is 13.1. The van der Waals surface area contributed by atoms with Gasteiger partial charge in [0, 0.05) is 25.7 Å². The van der Waals surface area contributed by atoms with Crippen LogP contribution in [0.5, 0.6) is 0 Å². The molecular weight excluding hydrogens is 1290 g/mol. The summed E-state index contributed by atoms with van der Waals surface area (Å²) >= 11 is 0. The van der Waals surface area contributed by atoms with Crippen LogP contribution in [-0.4, -0.2) is 96.7 Å². The van der Waals surface area contributed by atoms with Crippen LogP contribution < -0.4 is 0 Å². The molecule has 0 aliphatic heterocycles. The lowest BCUT2D eigenvalue weighted by molar-refractivity contribution is -0.161. The Balaban J connectivity index is 5.21. The van der Waals surface area contributed by atoms with Gasteiger partial charge in [0.05, 0.1) is 26.4 Å². The van der Waals surface area contributed by atoms with E-state index >= 15 is 0 Å². The zero-order chi connectivity index (χ0) is 72.8. The van der Waals surface area contributed by atoms with E-state index in [0.29, 0.717) is 25.7 Å². The molecule has 17 nitrogen and oxygen atoms in total. The maximum Gasteiger partial charge on any atom is 0.472 e. The number of phosphoric acid groups is 2. The molecule has 0 saturated carbocycles. The molecule has 6 atom stereocenters. The fourth-order valence-electron chi connectivity index (χ4n) is 12.3. The Kier molecular flexibility index (Phi) is 70.3. The van der Waals surface area contributed by atoms with Gasteiger partial charge in [0.25, 0.3) is 0 Å². The second-order valence-corrected chi connectivity index (χ2v) is 32.4. The van der Waals surface area contributed by atoms with Crippen molar-refractivity contribution in [3.63, 3.8) is 0 Å². The van der Waals surface area contributed by atoms with E-state index in [1.165, 1.54) is 231 Å². The molecule has 0 radical (unpaired) electrons. The molecular formula is C80H156O17P2. The van der Waals surface area contributed by atoms with Gasteiger partial charge in [0.2, 0.25) is 0 Å². The third kappa shape index (κ3) is 72.8. The molecule has 0 fully saturated rings. The zero-order valence-corrected chi connectivity index (χ0v) is 66.6. The second-order valence-electron chi connectivity index (χ2n) is 29.5. The van der Waals surface area contributed by atoms with Gasteiger partial charge in [-0.1, -0.05) is 369 Å². The number of unbranched alkanes of at least 4 members (excludes halogenated alkanes) is 48. The Morgan fingerprint density at radius 3 is 0.768 bits per heavy atom. The van der Waals surface area contributed by atoms with Crippen LogP contribution in [0.3, 0.4) is 0 Å². The molecule has 0 heterocycles. The van der Waals surface area contributed by atoms with Crippen molar-refractivity contribution in [3.05, 3.63) is 0 Å². The van der Waals surface area contributed by atoms with Gasteiger partial charge in [-0.05, 0) is 37.5 Å². The number of aliphatic hydroxyl groups excluding tert-OH is 1. The van der Waals surface area contributed by atoms with Crippen molar-refractivity contribution in [2.24, 2.45) is 11.8 Å². The van der Waals surface area contributed by atoms with Gasteiger partial charge in [0.15, 0.2) is 12.2 Å². The summed E-state index contributed by atoms with van der Waals surface area (Å²) in [7, 11) is -9.91. The Labute approximate surface area is 607 Å². The average Bonchev–Trinajstić information content (AvgIpc) is 3.74. The van der Waals surface area contributed by atoms with Gasteiger partial charge < -0.3 is 33.8 Å². The van der Waals surface area contributed by atoms with Crippen LogP contribution in [0.15, 0.2) is 0 Å². The van der Waals surface area contributed by atoms with E-state index < -0.39 is 97.5 Å². The first-order chi connectivity index (χ1) is 47.9. The SMILES string of the molecule is CCCCCCCCCCCCCCCCCCCCCC(=O)O[C@H](COC(=O)CCCCCCCCCCCCCCCCCC(C)C)COP(=O)(O)OC[C@@H](O)COP(=O)(O)OC[C@@H](COC(=O)CCCCCCCCCC)OC(=O)CCCCCCCCCCCCC(C)CC. The Morgan fingerprint density at radius 1 is 0.293 bits per heavy atom. The fraction of sp³-hybridized carbons (Fsp3) is 0.950. The Hall–Kier alpha value is -1.94. The van der Waals surface area contributed by atoms with E-state index in [2.05, 4.69) is 41.5 Å². The van der Waals surface area contributed by atoms with E-state index in [1.54, 1.807) is 0 Å². The van der Waals surface area contributed by atoms with Gasteiger partial charge in [-0.15, -0.1) is 0 Å². The molecule has 0 saturated heterocycles. The highest BCUT2D eigenvalue weighted by atomic mass is 31.2. The number of carbonyl (C=O) groups is 4. The minimum atomic E-state index is -4.96. The predicted octanol–water partition coefficient (Wildman–Crippen LogP) is 23.9. The summed E-state index contributed by atoms with van der Waals surface area (Å²) < 4.78 is 68.6. The number of carbonyl (C=O) groups excluding carboxylic acids is 4. The largest absolute Gasteiger partial charge is 0.472 e. The smallest absolute Gasteiger partial charge is 0.462 e. The van der Waals surface area contributed by atoms with Gasteiger partial charge >= 0.3 is 39.5 Å². The van der Waals surface area contributed by atoms with Crippen molar-refractivity contribution in [2.75, 3.05) is 39.6 Å². The molecule has 0 aromatic carbocycles. The lowest BCUT2D eigenvalue weighted by atomic mass is 9.99. The summed E-state index contributed by atoms with van der Waals surface area (Å²) in [5.41, 5.74) is 0. The number of ether oxygens (including phenoxy) is 4. The predicted molar refractivity (Wildman–Crippen MR) is 405 cm³/mol. The quantitative estimate of drug-likeness (QED) is 0.0222.